The number of carbonyl (C=O) groups excluding carboxylic acids is 1. The zero-order valence-corrected chi connectivity index (χ0v) is 20.0. The normalized spacial score (nSPS) is 16.9. The lowest BCUT2D eigenvalue weighted by Gasteiger charge is -2.11. The van der Waals surface area contributed by atoms with E-state index in [1.54, 1.807) is 18.2 Å². The third kappa shape index (κ3) is 4.92. The number of ether oxygens (including phenoxy) is 2. The first-order valence-electron chi connectivity index (χ1n) is 12.2. The first-order chi connectivity index (χ1) is 17.0. The van der Waals surface area contributed by atoms with Gasteiger partial charge in [-0.25, -0.2) is 4.39 Å². The largest absolute Gasteiger partial charge is 0.493 e. The first-order valence-corrected chi connectivity index (χ1v) is 12.2. The van der Waals surface area contributed by atoms with Gasteiger partial charge in [-0.2, -0.15) is 0 Å². The summed E-state index contributed by atoms with van der Waals surface area (Å²) in [4.78, 5) is 12.7. The number of hydrogen-bond acceptors (Lipinski definition) is 5. The van der Waals surface area contributed by atoms with E-state index in [-0.39, 0.29) is 11.8 Å². The van der Waals surface area contributed by atoms with Crippen molar-refractivity contribution in [2.24, 2.45) is 0 Å². The number of nitrogens with one attached hydrogen (secondary N) is 1. The molecular weight excluding hydrogens is 447 g/mol. The first kappa shape index (κ1) is 23.1. The van der Waals surface area contributed by atoms with Crippen LogP contribution < -0.4 is 14.8 Å². The molecule has 0 radical (unpaired) electrons. The number of hydrogen-bond donors (Lipinski definition) is 1. The van der Waals surface area contributed by atoms with Crippen LogP contribution in [0.2, 0.25) is 0 Å². The fourth-order valence-corrected chi connectivity index (χ4v) is 4.66. The van der Waals surface area contributed by atoms with Gasteiger partial charge < -0.3 is 19.4 Å². The van der Waals surface area contributed by atoms with Gasteiger partial charge in [-0.3, -0.25) is 4.79 Å². The maximum absolute atomic E-state index is 14.6. The predicted octanol–water partition coefficient (Wildman–Crippen LogP) is 5.18. The molecule has 0 saturated heterocycles. The van der Waals surface area contributed by atoms with Crippen LogP contribution in [0.25, 0.3) is 17.5 Å². The zero-order chi connectivity index (χ0) is 24.4. The Morgan fingerprint density at radius 2 is 2.14 bits per heavy atom. The van der Waals surface area contributed by atoms with Crippen LogP contribution in [0.15, 0.2) is 36.4 Å². The smallest absolute Gasteiger partial charge is 0.248 e. The minimum Gasteiger partial charge on any atom is -0.493 e. The number of rotatable bonds is 6. The Bertz CT molecular complexity index is 1280. The molecule has 0 fully saturated rings. The van der Waals surface area contributed by atoms with Crippen molar-refractivity contribution < 1.29 is 18.7 Å². The van der Waals surface area contributed by atoms with Crippen LogP contribution in [-0.4, -0.2) is 33.4 Å². The van der Waals surface area contributed by atoms with E-state index in [1.165, 1.54) is 12.1 Å². The molecule has 5 rings (SSSR count). The molecule has 2 aliphatic rings. The van der Waals surface area contributed by atoms with Gasteiger partial charge in [0.25, 0.3) is 0 Å². The van der Waals surface area contributed by atoms with Gasteiger partial charge in [0.05, 0.1) is 12.3 Å². The van der Waals surface area contributed by atoms with Crippen LogP contribution in [0.5, 0.6) is 11.5 Å². The van der Waals surface area contributed by atoms with Gasteiger partial charge in [0.2, 0.25) is 5.91 Å². The molecule has 0 spiro atoms. The van der Waals surface area contributed by atoms with Crippen molar-refractivity contribution in [1.29, 1.82) is 0 Å². The van der Waals surface area contributed by atoms with E-state index in [4.69, 9.17) is 9.47 Å². The fraction of sp³-hybridized carbons (Fsp3) is 0.370. The summed E-state index contributed by atoms with van der Waals surface area (Å²) in [5.74, 6) is 2.18. The van der Waals surface area contributed by atoms with Gasteiger partial charge >= 0.3 is 0 Å². The summed E-state index contributed by atoms with van der Waals surface area (Å²) in [5.41, 5.74) is 2.64. The molecular formula is C27H29FN4O3. The highest BCUT2D eigenvalue weighted by Crippen LogP contribution is 2.36. The van der Waals surface area contributed by atoms with E-state index in [2.05, 4.69) is 20.1 Å². The molecule has 35 heavy (non-hydrogen) atoms. The van der Waals surface area contributed by atoms with Gasteiger partial charge in [-0.05, 0) is 63.1 Å². The van der Waals surface area contributed by atoms with Crippen molar-refractivity contribution in [1.82, 2.24) is 14.8 Å². The number of amides is 1. The van der Waals surface area contributed by atoms with Crippen LogP contribution in [0.4, 0.5) is 10.1 Å². The minimum atomic E-state index is -0.513. The van der Waals surface area contributed by atoms with E-state index in [0.29, 0.717) is 18.2 Å². The average molecular weight is 477 g/mol. The Hall–Kier alpha value is -3.68. The summed E-state index contributed by atoms with van der Waals surface area (Å²) in [6, 6.07) is 8.47. The Balaban J connectivity index is 1.36. The molecule has 0 saturated carbocycles. The molecule has 2 aliphatic heterocycles. The summed E-state index contributed by atoms with van der Waals surface area (Å²) in [6.07, 6.45) is 8.16. The third-order valence-electron chi connectivity index (χ3n) is 6.33. The summed E-state index contributed by atoms with van der Waals surface area (Å²) >= 11 is 0. The maximum atomic E-state index is 14.6. The standard InChI is InChI=1S/C27H29FN4O3/c1-3-34-23-16-20-13-17(2)35-24(20)15-18(23)9-11-26(33)29-22-14-19(8-10-21(22)28)27-31-30-25-7-5-4-6-12-32(25)27/h8-11,14-17H,3-7,12-13H2,1-2H3,(H,29,33)/b11-9+. The van der Waals surface area contributed by atoms with Crippen molar-refractivity contribution in [3.05, 3.63) is 59.2 Å². The number of halogens is 1. The summed E-state index contributed by atoms with van der Waals surface area (Å²) in [7, 11) is 0. The Morgan fingerprint density at radius 1 is 1.26 bits per heavy atom. The van der Waals surface area contributed by atoms with Crippen molar-refractivity contribution in [3.8, 4) is 22.9 Å². The second-order valence-corrected chi connectivity index (χ2v) is 8.98. The van der Waals surface area contributed by atoms with Crippen LogP contribution in [-0.2, 0) is 24.2 Å². The second-order valence-electron chi connectivity index (χ2n) is 8.98. The molecule has 1 atom stereocenters. The molecule has 1 aromatic heterocycles. The summed E-state index contributed by atoms with van der Waals surface area (Å²) < 4.78 is 28.3. The van der Waals surface area contributed by atoms with Crippen molar-refractivity contribution in [2.75, 3.05) is 11.9 Å². The summed E-state index contributed by atoms with van der Waals surface area (Å²) in [6.45, 7) is 5.27. The highest BCUT2D eigenvalue weighted by Gasteiger charge is 2.21. The molecule has 0 aliphatic carbocycles. The van der Waals surface area contributed by atoms with Gasteiger partial charge in [0, 0.05) is 42.2 Å². The van der Waals surface area contributed by atoms with Gasteiger partial charge in [-0.1, -0.05) is 6.42 Å². The SMILES string of the molecule is CCOc1cc2c(cc1/C=C/C(=O)Nc1cc(-c3nnc4n3CCCCC4)ccc1F)OC(C)C2. The van der Waals surface area contributed by atoms with E-state index in [9.17, 15) is 9.18 Å². The van der Waals surface area contributed by atoms with Crippen molar-refractivity contribution in [2.45, 2.75) is 58.6 Å². The van der Waals surface area contributed by atoms with Crippen LogP contribution in [0.1, 0.15) is 50.1 Å². The highest BCUT2D eigenvalue weighted by atomic mass is 19.1. The van der Waals surface area contributed by atoms with Crippen molar-refractivity contribution >= 4 is 17.7 Å². The molecule has 7 nitrogen and oxygen atoms in total. The average Bonchev–Trinajstić information content (AvgIpc) is 3.32. The molecule has 2 aromatic carbocycles. The lowest BCUT2D eigenvalue weighted by molar-refractivity contribution is -0.111. The number of aryl methyl sites for hydroxylation is 1. The molecule has 1 unspecified atom stereocenters. The number of carbonyl (C=O) groups is 1. The number of fused-ring (bicyclic) bond motifs is 2. The van der Waals surface area contributed by atoms with Gasteiger partial charge in [0.1, 0.15) is 29.2 Å². The maximum Gasteiger partial charge on any atom is 0.248 e. The molecule has 1 amide bonds. The molecule has 3 aromatic rings. The Kier molecular flexibility index (Phi) is 6.53. The minimum absolute atomic E-state index is 0.0965. The molecule has 0 bridgehead atoms. The molecule has 8 heteroatoms. The topological polar surface area (TPSA) is 78.3 Å². The van der Waals surface area contributed by atoms with Gasteiger partial charge in [-0.15, -0.1) is 10.2 Å². The molecule has 1 N–H and O–H groups in total. The van der Waals surface area contributed by atoms with E-state index < -0.39 is 11.7 Å². The predicted molar refractivity (Wildman–Crippen MR) is 132 cm³/mol. The van der Waals surface area contributed by atoms with Gasteiger partial charge in [0.15, 0.2) is 5.82 Å². The Labute approximate surface area is 204 Å². The van der Waals surface area contributed by atoms with E-state index in [1.807, 2.05) is 26.0 Å². The summed E-state index contributed by atoms with van der Waals surface area (Å²) in [5, 5.41) is 11.3. The zero-order valence-electron chi connectivity index (χ0n) is 20.0. The third-order valence-corrected chi connectivity index (χ3v) is 6.33. The fourth-order valence-electron chi connectivity index (χ4n) is 4.66. The number of anilines is 1. The van der Waals surface area contributed by atoms with Crippen LogP contribution in [0, 0.1) is 5.82 Å². The number of aromatic nitrogens is 3. The van der Waals surface area contributed by atoms with Crippen LogP contribution in [0.3, 0.4) is 0 Å². The second kappa shape index (κ2) is 9.90. The highest BCUT2D eigenvalue weighted by molar-refractivity contribution is 6.02. The van der Waals surface area contributed by atoms with Crippen LogP contribution >= 0.6 is 0 Å². The van der Waals surface area contributed by atoms with E-state index >= 15 is 0 Å². The quantitative estimate of drug-likeness (QED) is 0.496. The Morgan fingerprint density at radius 3 is 3.00 bits per heavy atom. The number of nitrogens with zero attached hydrogens (tertiary/aromatic N) is 3. The number of benzene rings is 2. The molecule has 3 heterocycles. The lowest BCUT2D eigenvalue weighted by atomic mass is 10.1. The van der Waals surface area contributed by atoms with Crippen molar-refractivity contribution in [3.63, 3.8) is 0 Å². The molecule has 182 valence electrons. The monoisotopic (exact) mass is 476 g/mol. The van der Waals surface area contributed by atoms with E-state index in [0.717, 1.165) is 66.9 Å². The lowest BCUT2D eigenvalue weighted by Crippen LogP contribution is -2.10.